The average Bonchev–Trinajstić information content (AvgIpc) is 1.72. The number of ether oxygens (including phenoxy) is 3. The number of primary amides is 3. The standard InChI is InChI=1S/C12H22N2O2.C11H21N3.C11H20N2O.2C10H17N3O.C10H18N2O.C9H15N3O.C8H13N3O.C8H14N2.C5H10N4/c1-12(2,3)11-9-13-14(10-11)5-6-16-8-7-15-4;1-11(2,3)10-8-12-14(9-10)7-6-13(4)5;1-10(2,3)9-6-12-13(7-9)8-11(4,5)14;1-10(2,3)8-5-12-13(6-8)7-9(14)11-4;1-10(2,3)8-6-12-13(7-8)5-4-9(11)14;1-10(2,3)9-7-11-12(8-9)5-6-13-4;1-9(2,3)7-4-11-12(5-7)6-8(10)13;1-8(2,3)11-5-4-6(10-11)7(9)12;1-8(2,3)7-5-9-10(4)6-7;1-5(2,3)4-6-8-9-7-4/h9-10H,5-8H2,1-4H3;8-9H,6-7H2,1-5H3;6-7,14H,8H2,1-5H3;5-6H,7H2,1-4H3,(H,11,14);6-7H,4-5H2,1-3H3,(H2,11,14);7-8H,5-6H2,1-4H3;4-5,7H,6H2,1-3H3,(H-,10,13);4-5H,1-3H3,(H2,9,12);5-6H,1-4H3;1-3H3,(H,6,7,8,9)/p+1. The van der Waals surface area contributed by atoms with Gasteiger partial charge in [0, 0.05) is 103 Å². The largest absolute Gasteiger partial charge is 0.389 e. The quantitative estimate of drug-likeness (QED) is 0.0271. The highest BCUT2D eigenvalue weighted by atomic mass is 16.5. The summed E-state index contributed by atoms with van der Waals surface area (Å²) in [6.07, 6.45) is 33.4. The number of likely N-dealkylation sites (N-methyl/N-ethyl adjacent to an activating group) is 2. The van der Waals surface area contributed by atoms with Gasteiger partial charge >= 0.3 is 0 Å². The number of H-pyrrole nitrogens is 1. The number of hydrogen-bond acceptors (Lipinski definition) is 21. The number of nitrogens with one attached hydrogen (secondary N) is 2. The summed E-state index contributed by atoms with van der Waals surface area (Å²) >= 11 is 0. The average molecular weight is 1800 g/mol. The highest BCUT2D eigenvalue weighted by molar-refractivity contribution is 5.90. The third-order valence-corrected chi connectivity index (χ3v) is 19.1. The van der Waals surface area contributed by atoms with E-state index in [1.807, 2.05) is 142 Å². The van der Waals surface area contributed by atoms with Gasteiger partial charge in [0.15, 0.2) is 12.0 Å². The molecule has 726 valence electrons. The maximum atomic E-state index is 11.1. The van der Waals surface area contributed by atoms with Crippen LogP contribution in [-0.2, 0) is 124 Å². The Balaban J connectivity index is 0.000000719. The molecule has 0 saturated carbocycles. The number of rotatable bonds is 22. The third-order valence-electron chi connectivity index (χ3n) is 19.1. The van der Waals surface area contributed by atoms with Gasteiger partial charge in [-0.3, -0.25) is 56.6 Å². The first-order valence-electron chi connectivity index (χ1n) is 44.0. The van der Waals surface area contributed by atoms with Gasteiger partial charge < -0.3 is 46.7 Å². The van der Waals surface area contributed by atoms with Crippen LogP contribution in [0.3, 0.4) is 0 Å². The van der Waals surface area contributed by atoms with Gasteiger partial charge in [0.1, 0.15) is 12.2 Å². The zero-order valence-corrected chi connectivity index (χ0v) is 86.0. The molecule has 0 spiro atoms. The van der Waals surface area contributed by atoms with Crippen molar-refractivity contribution in [1.82, 2.24) is 109 Å². The molecular formula is C94H168N27O8+. The fourth-order valence-electron chi connectivity index (χ4n) is 10.1. The minimum absolute atomic E-state index is 0.00694. The predicted molar refractivity (Wildman–Crippen MR) is 515 cm³/mol. The Hall–Kier alpha value is -10.2. The number of nitrogens with two attached hydrogens (primary N) is 3. The van der Waals surface area contributed by atoms with Gasteiger partial charge in [0.2, 0.25) is 11.8 Å². The fraction of sp³-hybridized carbons (Fsp3) is 0.670. The number of carbonyl (C=O) groups is 4. The van der Waals surface area contributed by atoms with Gasteiger partial charge in [-0.2, -0.15) is 46.0 Å². The van der Waals surface area contributed by atoms with Gasteiger partial charge in [-0.25, -0.2) is 0 Å². The van der Waals surface area contributed by atoms with Crippen LogP contribution in [0.4, 0.5) is 0 Å². The number of nitrogens with zero attached hydrogens (tertiary/aromatic N) is 22. The zero-order chi connectivity index (χ0) is 99.3. The highest BCUT2D eigenvalue weighted by Crippen LogP contribution is 2.28. The minimum Gasteiger partial charge on any atom is -0.389 e. The Morgan fingerprint density at radius 3 is 1.18 bits per heavy atom. The smallest absolute Gasteiger partial charge is 0.285 e. The van der Waals surface area contributed by atoms with Crippen LogP contribution >= 0.6 is 0 Å². The molecule has 1 atom stereocenters. The van der Waals surface area contributed by atoms with Crippen molar-refractivity contribution < 1.29 is 43.2 Å². The molecule has 10 heterocycles. The fourth-order valence-corrected chi connectivity index (χ4v) is 10.1. The minimum atomic E-state index is -0.707. The van der Waals surface area contributed by atoms with Crippen molar-refractivity contribution in [3.63, 3.8) is 0 Å². The highest BCUT2D eigenvalue weighted by Gasteiger charge is 2.31. The molecule has 35 heteroatoms. The summed E-state index contributed by atoms with van der Waals surface area (Å²) in [7, 11) is 11.1. The van der Waals surface area contributed by atoms with E-state index in [1.54, 1.807) is 70.8 Å². The number of methoxy groups -OCH3 is 2. The summed E-state index contributed by atoms with van der Waals surface area (Å²) in [4.78, 5) is 45.1. The van der Waals surface area contributed by atoms with Crippen LogP contribution in [0.15, 0.2) is 104 Å². The van der Waals surface area contributed by atoms with E-state index in [1.165, 1.54) is 33.4 Å². The van der Waals surface area contributed by atoms with Crippen LogP contribution in [-0.4, -0.2) is 230 Å². The number of hydrogen-bond donors (Lipinski definition) is 6. The number of hydrazone groups is 1. The van der Waals surface area contributed by atoms with E-state index in [0.29, 0.717) is 51.6 Å². The molecule has 9 aromatic heterocycles. The number of tetrazole rings is 1. The molecule has 1 aliphatic rings. The molecule has 1 aliphatic heterocycles. The van der Waals surface area contributed by atoms with E-state index in [-0.39, 0.29) is 91.0 Å². The van der Waals surface area contributed by atoms with E-state index in [9.17, 15) is 24.3 Å². The monoisotopic (exact) mass is 1800 g/mol. The van der Waals surface area contributed by atoms with E-state index in [4.69, 9.17) is 31.4 Å². The number of aromatic nitrogens is 20. The van der Waals surface area contributed by atoms with Crippen LogP contribution < -0.4 is 22.5 Å². The number of aryl methyl sites for hydroxylation is 2. The second kappa shape index (κ2) is 52.0. The molecule has 9 aromatic rings. The molecule has 4 amide bonds. The summed E-state index contributed by atoms with van der Waals surface area (Å²) in [6, 6.07) is 1.62. The second-order valence-electron chi connectivity index (χ2n) is 43.1. The molecule has 0 radical (unpaired) electrons. The molecular weight excluding hydrogens is 1640 g/mol. The zero-order valence-electron chi connectivity index (χ0n) is 86.0. The molecule has 9 N–H and O–H groups in total. The molecule has 0 saturated heterocycles. The normalized spacial score (nSPS) is 13.0. The summed E-state index contributed by atoms with van der Waals surface area (Å²) in [5.74, 6) is -0.137. The first-order valence-corrected chi connectivity index (χ1v) is 44.0. The molecule has 129 heavy (non-hydrogen) atoms. The Bertz CT molecular complexity index is 4710. The number of aliphatic hydroxyl groups is 1. The molecule has 0 aliphatic carbocycles. The number of amides is 4. The van der Waals surface area contributed by atoms with Gasteiger partial charge in [-0.05, 0) is 142 Å². The lowest BCUT2D eigenvalue weighted by atomic mass is 9.83. The van der Waals surface area contributed by atoms with Crippen molar-refractivity contribution in [2.45, 2.75) is 322 Å². The summed E-state index contributed by atoms with van der Waals surface area (Å²) in [5.41, 5.74) is 24.5. The van der Waals surface area contributed by atoms with Gasteiger partial charge in [0.25, 0.3) is 18.4 Å². The maximum Gasteiger partial charge on any atom is 0.285 e. The Labute approximate surface area is 771 Å². The van der Waals surface area contributed by atoms with E-state index >= 15 is 0 Å². The van der Waals surface area contributed by atoms with Crippen molar-refractivity contribution >= 4 is 36.1 Å². The summed E-state index contributed by atoms with van der Waals surface area (Å²) in [6.45, 7) is 75.4. The first kappa shape index (κ1) is 117. The molecule has 35 nitrogen and oxygen atoms in total. The van der Waals surface area contributed by atoms with Crippen LogP contribution in [0.5, 0.6) is 0 Å². The third kappa shape index (κ3) is 49.9. The Morgan fingerprint density at radius 2 is 0.884 bits per heavy atom. The number of carbonyl (C=O) groups excluding carboxylic acids is 4. The van der Waals surface area contributed by atoms with Gasteiger partial charge in [-0.15, -0.1) is 10.2 Å². The molecule has 0 aromatic carbocycles. The SMILES string of the molecule is CC(C)(C)C1C=N[N+](CC(N)=O)=C1.CC(C)(C)c1cnn(CCC(N)=O)c1.CC(C)(C)c1nn[nH]n1.CC(C)(C)n1ccc(C(N)=O)n1.CC(C)(O)Cn1cc(C(C)(C)C)cn1.CN(C)CCn1cc(C(C)(C)C)cn1.CNC(=O)Cn1cc(C(C)(C)C)cn1.COCCOCCn1cc(C(C)(C)C)cn1.COCCn1cc(C(C)(C)C)cn1.Cn1cc(C(C)(C)C)cn1. The van der Waals surface area contributed by atoms with E-state index in [0.717, 1.165) is 37.6 Å². The van der Waals surface area contributed by atoms with Crippen molar-refractivity contribution in [2.24, 2.45) is 40.7 Å². The van der Waals surface area contributed by atoms with Crippen molar-refractivity contribution in [3.8, 4) is 0 Å². The second-order valence-corrected chi connectivity index (χ2v) is 43.1. The maximum absolute atomic E-state index is 11.1. The lowest BCUT2D eigenvalue weighted by Crippen LogP contribution is -2.26. The first-order chi connectivity index (χ1) is 58.9. The Kier molecular flexibility index (Phi) is 47.1. The van der Waals surface area contributed by atoms with Crippen LogP contribution in [0.1, 0.15) is 283 Å². The molecule has 0 bridgehead atoms. The van der Waals surface area contributed by atoms with Crippen LogP contribution in [0.25, 0.3) is 0 Å². The lowest BCUT2D eigenvalue weighted by molar-refractivity contribution is -0.514. The van der Waals surface area contributed by atoms with E-state index < -0.39 is 11.5 Å². The van der Waals surface area contributed by atoms with Crippen molar-refractivity contribution in [1.29, 1.82) is 0 Å². The molecule has 0 fully saturated rings. The summed E-state index contributed by atoms with van der Waals surface area (Å²) < 4.78 is 31.5. The van der Waals surface area contributed by atoms with Crippen molar-refractivity contribution in [2.75, 3.05) is 74.9 Å². The predicted octanol–water partition coefficient (Wildman–Crippen LogP) is 12.5. The van der Waals surface area contributed by atoms with Crippen molar-refractivity contribution in [3.05, 3.63) is 149 Å². The summed E-state index contributed by atoms with van der Waals surface area (Å²) in [5, 5.41) is 63.3. The van der Waals surface area contributed by atoms with Crippen LogP contribution in [0, 0.1) is 11.3 Å². The lowest BCUT2D eigenvalue weighted by Gasteiger charge is -2.18. The topological polar surface area (TPSA) is 422 Å². The number of aromatic amines is 1. The van der Waals surface area contributed by atoms with Gasteiger partial charge in [0.05, 0.1) is 119 Å². The van der Waals surface area contributed by atoms with E-state index in [2.05, 4.69) is 282 Å². The molecule has 1 unspecified atom stereocenters. The molecule has 10 rings (SSSR count). The Morgan fingerprint density at radius 1 is 0.496 bits per heavy atom. The van der Waals surface area contributed by atoms with Crippen LogP contribution in [0.2, 0.25) is 0 Å². The van der Waals surface area contributed by atoms with Gasteiger partial charge in [-0.1, -0.05) is 197 Å².